The number of nitrogens with zero attached hydrogens (tertiary/aromatic N) is 1. The third kappa shape index (κ3) is 3.93. The molecule has 3 nitrogen and oxygen atoms in total. The molecule has 0 amide bonds. The largest absolute Gasteiger partial charge is 0.399 e. The lowest BCUT2D eigenvalue weighted by Crippen LogP contribution is -2.00. The molecule has 2 rings (SSSR count). The summed E-state index contributed by atoms with van der Waals surface area (Å²) in [5.74, 6) is 0. The number of allylic oxidation sites excluding steroid dienone is 4. The molecule has 0 aliphatic heterocycles. The summed E-state index contributed by atoms with van der Waals surface area (Å²) in [6.07, 6.45) is 10.3. The van der Waals surface area contributed by atoms with Gasteiger partial charge in [-0.1, -0.05) is 44.7 Å². The standard InChI is InChI=1S/C22H28N2O/c1-6-15-11-18(12-16(7-2)20(15)10-5)22-21(14-25-24-22)17(8-3)13-19(23)9-4/h8-9,11-14H,3,6-7,10,23H2,1-2,4-5H3/b17-13+,19-9+. The molecular weight excluding hydrogens is 308 g/mol. The van der Waals surface area contributed by atoms with Crippen molar-refractivity contribution in [2.24, 2.45) is 5.73 Å². The average molecular weight is 336 g/mol. The van der Waals surface area contributed by atoms with Crippen molar-refractivity contribution in [2.45, 2.75) is 47.0 Å². The molecule has 0 spiro atoms. The van der Waals surface area contributed by atoms with Crippen molar-refractivity contribution in [3.63, 3.8) is 0 Å². The van der Waals surface area contributed by atoms with Crippen LogP contribution in [0.4, 0.5) is 0 Å². The SMILES string of the molecule is C=C/C(=C\C(N)=C/C)c1conc1-c1cc(CC)c(CC)c(CC)c1. The van der Waals surface area contributed by atoms with Crippen molar-refractivity contribution in [3.8, 4) is 11.3 Å². The molecule has 3 heteroatoms. The molecular formula is C22H28N2O. The zero-order chi connectivity index (χ0) is 18.4. The van der Waals surface area contributed by atoms with Gasteiger partial charge >= 0.3 is 0 Å². The Kier molecular flexibility index (Phi) is 6.40. The van der Waals surface area contributed by atoms with Crippen LogP contribution in [0.1, 0.15) is 49.9 Å². The van der Waals surface area contributed by atoms with Crippen LogP contribution < -0.4 is 5.73 Å². The van der Waals surface area contributed by atoms with Crippen LogP contribution in [0.15, 0.2) is 53.4 Å². The van der Waals surface area contributed by atoms with Crippen molar-refractivity contribution >= 4 is 5.57 Å². The van der Waals surface area contributed by atoms with E-state index < -0.39 is 0 Å². The Morgan fingerprint density at radius 1 is 1.16 bits per heavy atom. The van der Waals surface area contributed by atoms with Crippen molar-refractivity contribution in [1.29, 1.82) is 0 Å². The van der Waals surface area contributed by atoms with Gasteiger partial charge in [-0.05, 0) is 66.7 Å². The quantitative estimate of drug-likeness (QED) is 0.683. The molecule has 0 saturated carbocycles. The number of rotatable bonds is 7. The Balaban J connectivity index is 2.64. The molecule has 132 valence electrons. The molecule has 0 bridgehead atoms. The number of nitrogens with two attached hydrogens (primary N) is 1. The summed E-state index contributed by atoms with van der Waals surface area (Å²) in [5, 5.41) is 4.27. The highest BCUT2D eigenvalue weighted by Crippen LogP contribution is 2.32. The minimum atomic E-state index is 0.687. The molecule has 25 heavy (non-hydrogen) atoms. The van der Waals surface area contributed by atoms with Crippen molar-refractivity contribution < 1.29 is 4.52 Å². The Morgan fingerprint density at radius 2 is 1.80 bits per heavy atom. The van der Waals surface area contributed by atoms with E-state index in [-0.39, 0.29) is 0 Å². The molecule has 1 aromatic heterocycles. The summed E-state index contributed by atoms with van der Waals surface area (Å²) in [4.78, 5) is 0. The van der Waals surface area contributed by atoms with Crippen LogP contribution >= 0.6 is 0 Å². The summed E-state index contributed by atoms with van der Waals surface area (Å²) >= 11 is 0. The highest BCUT2D eigenvalue weighted by atomic mass is 16.5. The van der Waals surface area contributed by atoms with E-state index in [0.29, 0.717) is 5.70 Å². The summed E-state index contributed by atoms with van der Waals surface area (Å²) in [5.41, 5.74) is 14.6. The van der Waals surface area contributed by atoms with Gasteiger partial charge in [-0.25, -0.2) is 0 Å². The molecule has 0 aliphatic carbocycles. The highest BCUT2D eigenvalue weighted by Gasteiger charge is 2.16. The number of aromatic nitrogens is 1. The number of hydrogen-bond donors (Lipinski definition) is 1. The molecule has 2 aromatic rings. The molecule has 0 atom stereocenters. The molecule has 0 saturated heterocycles. The monoisotopic (exact) mass is 336 g/mol. The van der Waals surface area contributed by atoms with Gasteiger partial charge in [0.15, 0.2) is 0 Å². The maximum absolute atomic E-state index is 5.96. The van der Waals surface area contributed by atoms with Crippen LogP contribution in [-0.2, 0) is 19.3 Å². The summed E-state index contributed by atoms with van der Waals surface area (Å²) < 4.78 is 5.30. The Hall–Kier alpha value is -2.55. The third-order valence-electron chi connectivity index (χ3n) is 4.58. The first-order valence-corrected chi connectivity index (χ1v) is 8.95. The number of hydrogen-bond acceptors (Lipinski definition) is 3. The lowest BCUT2D eigenvalue weighted by atomic mass is 9.90. The maximum atomic E-state index is 5.96. The molecule has 0 fully saturated rings. The van der Waals surface area contributed by atoms with Crippen LogP contribution in [0.2, 0.25) is 0 Å². The van der Waals surface area contributed by atoms with Gasteiger partial charge in [-0.15, -0.1) is 0 Å². The first kappa shape index (κ1) is 18.8. The second kappa shape index (κ2) is 8.52. The number of aryl methyl sites for hydroxylation is 2. The summed E-state index contributed by atoms with van der Waals surface area (Å²) in [6.45, 7) is 12.4. The molecule has 2 N–H and O–H groups in total. The fourth-order valence-corrected chi connectivity index (χ4v) is 3.18. The van der Waals surface area contributed by atoms with Gasteiger partial charge in [0.2, 0.25) is 0 Å². The second-order valence-electron chi connectivity index (χ2n) is 6.00. The van der Waals surface area contributed by atoms with Crippen LogP contribution in [0.5, 0.6) is 0 Å². The van der Waals surface area contributed by atoms with Crippen molar-refractivity contribution in [2.75, 3.05) is 0 Å². The fraction of sp³-hybridized carbons (Fsp3) is 0.318. The van der Waals surface area contributed by atoms with Crippen LogP contribution in [0.3, 0.4) is 0 Å². The topological polar surface area (TPSA) is 52.0 Å². The van der Waals surface area contributed by atoms with Gasteiger partial charge in [0.25, 0.3) is 0 Å². The highest BCUT2D eigenvalue weighted by molar-refractivity contribution is 5.84. The van der Waals surface area contributed by atoms with Crippen LogP contribution in [0.25, 0.3) is 16.8 Å². The van der Waals surface area contributed by atoms with Crippen molar-refractivity contribution in [1.82, 2.24) is 5.16 Å². The smallest absolute Gasteiger partial charge is 0.132 e. The predicted octanol–water partition coefficient (Wildman–Crippen LogP) is 5.46. The second-order valence-corrected chi connectivity index (χ2v) is 6.00. The van der Waals surface area contributed by atoms with E-state index in [1.165, 1.54) is 16.7 Å². The third-order valence-corrected chi connectivity index (χ3v) is 4.58. The van der Waals surface area contributed by atoms with E-state index in [4.69, 9.17) is 10.3 Å². The van der Waals surface area contributed by atoms with Gasteiger partial charge in [0.05, 0.1) is 0 Å². The minimum absolute atomic E-state index is 0.687. The Labute approximate surface area is 150 Å². The molecule has 1 aromatic carbocycles. The van der Waals surface area contributed by atoms with E-state index in [1.807, 2.05) is 19.1 Å². The summed E-state index contributed by atoms with van der Waals surface area (Å²) in [6, 6.07) is 4.47. The van der Waals surface area contributed by atoms with Crippen molar-refractivity contribution in [3.05, 3.63) is 71.2 Å². The van der Waals surface area contributed by atoms with E-state index in [2.05, 4.69) is 44.6 Å². The van der Waals surface area contributed by atoms with E-state index in [1.54, 1.807) is 12.3 Å². The average Bonchev–Trinajstić information content (AvgIpc) is 3.13. The molecule has 0 unspecified atom stereocenters. The fourth-order valence-electron chi connectivity index (χ4n) is 3.18. The maximum Gasteiger partial charge on any atom is 0.132 e. The first-order valence-electron chi connectivity index (χ1n) is 8.95. The van der Waals surface area contributed by atoms with Gasteiger partial charge in [0, 0.05) is 16.8 Å². The van der Waals surface area contributed by atoms with E-state index in [0.717, 1.165) is 41.7 Å². The first-order chi connectivity index (χ1) is 12.1. The predicted molar refractivity (Wildman–Crippen MR) is 106 cm³/mol. The van der Waals surface area contributed by atoms with Crippen LogP contribution in [0, 0.1) is 0 Å². The van der Waals surface area contributed by atoms with Gasteiger partial charge in [0.1, 0.15) is 12.0 Å². The van der Waals surface area contributed by atoms with Gasteiger partial charge in [-0.2, -0.15) is 0 Å². The van der Waals surface area contributed by atoms with Crippen LogP contribution in [-0.4, -0.2) is 5.16 Å². The zero-order valence-electron chi connectivity index (χ0n) is 15.7. The van der Waals surface area contributed by atoms with Gasteiger partial charge in [-0.3, -0.25) is 0 Å². The summed E-state index contributed by atoms with van der Waals surface area (Å²) in [7, 11) is 0. The zero-order valence-corrected chi connectivity index (χ0v) is 15.7. The lowest BCUT2D eigenvalue weighted by molar-refractivity contribution is 0.422. The Morgan fingerprint density at radius 3 is 2.28 bits per heavy atom. The Bertz CT molecular complexity index is 784. The minimum Gasteiger partial charge on any atom is -0.399 e. The van der Waals surface area contributed by atoms with E-state index in [9.17, 15) is 0 Å². The number of benzene rings is 1. The lowest BCUT2D eigenvalue weighted by Gasteiger charge is -2.14. The molecule has 0 aliphatic rings. The normalized spacial score (nSPS) is 12.5. The molecule has 1 heterocycles. The molecule has 0 radical (unpaired) electrons. The van der Waals surface area contributed by atoms with Gasteiger partial charge < -0.3 is 10.3 Å². The van der Waals surface area contributed by atoms with E-state index >= 15 is 0 Å².